The second-order valence-corrected chi connectivity index (χ2v) is 6.81. The minimum atomic E-state index is -0.252. The molecular weight excluding hydrogens is 336 g/mol. The molecule has 0 heterocycles. The van der Waals surface area contributed by atoms with E-state index in [1.165, 1.54) is 0 Å². The highest BCUT2D eigenvalue weighted by Gasteiger charge is 2.13. The molecule has 0 radical (unpaired) electrons. The number of hydrogen-bond donors (Lipinski definition) is 2. The zero-order chi connectivity index (χ0) is 18.4. The average molecular weight is 359 g/mol. The van der Waals surface area contributed by atoms with Crippen molar-refractivity contribution in [2.75, 3.05) is 11.9 Å². The molecule has 0 aliphatic heterocycles. The Hall–Kier alpha value is -2.33. The summed E-state index contributed by atoms with van der Waals surface area (Å²) >= 11 is 6.17. The van der Waals surface area contributed by atoms with Crippen molar-refractivity contribution in [2.45, 2.75) is 27.2 Å². The minimum absolute atomic E-state index is 0.177. The number of carbonyl (C=O) groups excluding carboxylic acids is 2. The Morgan fingerprint density at radius 1 is 1.08 bits per heavy atom. The maximum atomic E-state index is 12.4. The number of carbonyl (C=O) groups is 2. The van der Waals surface area contributed by atoms with Crippen LogP contribution in [0.2, 0.25) is 5.02 Å². The van der Waals surface area contributed by atoms with Crippen LogP contribution in [-0.2, 0) is 0 Å². The van der Waals surface area contributed by atoms with E-state index in [2.05, 4.69) is 24.5 Å². The van der Waals surface area contributed by atoms with E-state index < -0.39 is 0 Å². The van der Waals surface area contributed by atoms with Crippen molar-refractivity contribution in [2.24, 2.45) is 5.92 Å². The number of aryl methyl sites for hydroxylation is 1. The molecule has 4 nitrogen and oxygen atoms in total. The highest BCUT2D eigenvalue weighted by atomic mass is 35.5. The zero-order valence-electron chi connectivity index (χ0n) is 14.7. The Labute approximate surface area is 153 Å². The third-order valence-electron chi connectivity index (χ3n) is 3.87. The van der Waals surface area contributed by atoms with Crippen molar-refractivity contribution in [3.63, 3.8) is 0 Å². The number of anilines is 1. The van der Waals surface area contributed by atoms with Crippen LogP contribution in [0.4, 0.5) is 5.69 Å². The second-order valence-electron chi connectivity index (χ2n) is 6.40. The summed E-state index contributed by atoms with van der Waals surface area (Å²) in [5.74, 6) is 0.0931. The summed E-state index contributed by atoms with van der Waals surface area (Å²) in [6.45, 7) is 6.69. The number of benzene rings is 2. The van der Waals surface area contributed by atoms with Gasteiger partial charge in [0.2, 0.25) is 0 Å². The van der Waals surface area contributed by atoms with Gasteiger partial charge in [0, 0.05) is 17.7 Å². The summed E-state index contributed by atoms with van der Waals surface area (Å²) in [5.41, 5.74) is 2.34. The van der Waals surface area contributed by atoms with E-state index in [0.29, 0.717) is 34.3 Å². The summed E-state index contributed by atoms with van der Waals surface area (Å²) < 4.78 is 0. The van der Waals surface area contributed by atoms with Gasteiger partial charge in [0.25, 0.3) is 11.8 Å². The van der Waals surface area contributed by atoms with Crippen molar-refractivity contribution in [3.8, 4) is 0 Å². The fourth-order valence-corrected chi connectivity index (χ4v) is 2.52. The predicted octanol–water partition coefficient (Wildman–Crippen LogP) is 4.68. The van der Waals surface area contributed by atoms with E-state index in [4.69, 9.17) is 11.6 Å². The molecule has 132 valence electrons. The minimum Gasteiger partial charge on any atom is -0.352 e. The van der Waals surface area contributed by atoms with Crippen molar-refractivity contribution < 1.29 is 9.59 Å². The molecule has 0 bridgehead atoms. The van der Waals surface area contributed by atoms with Crippen molar-refractivity contribution in [3.05, 3.63) is 64.2 Å². The standard InChI is InChI=1S/C20H23ClN2O2/c1-13(2)10-11-22-19(24)15-8-9-17(21)18(12-15)23-20(25)16-7-5-4-6-14(16)3/h4-9,12-13H,10-11H2,1-3H3,(H,22,24)(H,23,25). The molecule has 0 aliphatic rings. The van der Waals surface area contributed by atoms with Gasteiger partial charge in [-0.05, 0) is 49.1 Å². The van der Waals surface area contributed by atoms with Crippen LogP contribution in [0.1, 0.15) is 46.5 Å². The molecule has 0 unspecified atom stereocenters. The summed E-state index contributed by atoms with van der Waals surface area (Å²) in [7, 11) is 0. The zero-order valence-corrected chi connectivity index (χ0v) is 15.5. The molecule has 0 atom stereocenters. The van der Waals surface area contributed by atoms with Crippen LogP contribution in [0, 0.1) is 12.8 Å². The average Bonchev–Trinajstić information content (AvgIpc) is 2.56. The summed E-state index contributed by atoms with van der Waals surface area (Å²) in [4.78, 5) is 24.7. The van der Waals surface area contributed by atoms with Crippen LogP contribution < -0.4 is 10.6 Å². The van der Waals surface area contributed by atoms with Crippen molar-refractivity contribution in [1.82, 2.24) is 5.32 Å². The molecule has 2 aromatic rings. The van der Waals surface area contributed by atoms with Crippen molar-refractivity contribution in [1.29, 1.82) is 0 Å². The van der Waals surface area contributed by atoms with Crippen LogP contribution in [0.3, 0.4) is 0 Å². The smallest absolute Gasteiger partial charge is 0.255 e. The first-order chi connectivity index (χ1) is 11.9. The van der Waals surface area contributed by atoms with Gasteiger partial charge in [-0.3, -0.25) is 9.59 Å². The third kappa shape index (κ3) is 5.33. The lowest BCUT2D eigenvalue weighted by Crippen LogP contribution is -2.25. The molecule has 0 spiro atoms. The fourth-order valence-electron chi connectivity index (χ4n) is 2.36. The van der Waals surface area contributed by atoms with Gasteiger partial charge in [-0.1, -0.05) is 43.6 Å². The molecule has 25 heavy (non-hydrogen) atoms. The highest BCUT2D eigenvalue weighted by Crippen LogP contribution is 2.24. The van der Waals surface area contributed by atoms with Gasteiger partial charge < -0.3 is 10.6 Å². The van der Waals surface area contributed by atoms with Gasteiger partial charge in [0.1, 0.15) is 0 Å². The lowest BCUT2D eigenvalue weighted by atomic mass is 10.1. The Morgan fingerprint density at radius 3 is 2.48 bits per heavy atom. The number of amides is 2. The van der Waals surface area contributed by atoms with E-state index >= 15 is 0 Å². The molecule has 0 saturated heterocycles. The molecule has 2 aromatic carbocycles. The summed E-state index contributed by atoms with van der Waals surface area (Å²) in [6, 6.07) is 12.2. The fraction of sp³-hybridized carbons (Fsp3) is 0.300. The van der Waals surface area contributed by atoms with Crippen molar-refractivity contribution >= 4 is 29.1 Å². The van der Waals surface area contributed by atoms with E-state index in [9.17, 15) is 9.59 Å². The Kier molecular flexibility index (Phi) is 6.59. The van der Waals surface area contributed by atoms with Crippen LogP contribution in [-0.4, -0.2) is 18.4 Å². The summed E-state index contributed by atoms with van der Waals surface area (Å²) in [5, 5.41) is 6.05. The SMILES string of the molecule is Cc1ccccc1C(=O)Nc1cc(C(=O)NCCC(C)C)ccc1Cl. The van der Waals surface area contributed by atoms with Crippen LogP contribution in [0.15, 0.2) is 42.5 Å². The second kappa shape index (κ2) is 8.67. The normalized spacial score (nSPS) is 10.6. The summed E-state index contributed by atoms with van der Waals surface area (Å²) in [6.07, 6.45) is 0.913. The van der Waals surface area contributed by atoms with Gasteiger partial charge in [-0.2, -0.15) is 0 Å². The van der Waals surface area contributed by atoms with E-state index in [0.717, 1.165) is 12.0 Å². The first kappa shape index (κ1) is 19.0. The quantitative estimate of drug-likeness (QED) is 0.787. The number of hydrogen-bond acceptors (Lipinski definition) is 2. The third-order valence-corrected chi connectivity index (χ3v) is 4.20. The van der Waals surface area contributed by atoms with E-state index in [1.807, 2.05) is 25.1 Å². The van der Waals surface area contributed by atoms with E-state index in [1.54, 1.807) is 24.3 Å². The molecule has 0 aromatic heterocycles. The maximum absolute atomic E-state index is 12.4. The van der Waals surface area contributed by atoms with Gasteiger partial charge in [0.15, 0.2) is 0 Å². The largest absolute Gasteiger partial charge is 0.352 e. The molecule has 2 N–H and O–H groups in total. The molecule has 2 amide bonds. The van der Waals surface area contributed by atoms with Gasteiger partial charge in [0.05, 0.1) is 10.7 Å². The van der Waals surface area contributed by atoms with Gasteiger partial charge in [-0.15, -0.1) is 0 Å². The molecule has 2 rings (SSSR count). The Bertz CT molecular complexity index is 772. The monoisotopic (exact) mass is 358 g/mol. The highest BCUT2D eigenvalue weighted by molar-refractivity contribution is 6.34. The number of halogens is 1. The number of nitrogens with one attached hydrogen (secondary N) is 2. The molecule has 0 saturated carbocycles. The van der Waals surface area contributed by atoms with Crippen LogP contribution in [0.25, 0.3) is 0 Å². The lowest BCUT2D eigenvalue weighted by Gasteiger charge is -2.11. The first-order valence-electron chi connectivity index (χ1n) is 8.33. The first-order valence-corrected chi connectivity index (χ1v) is 8.71. The topological polar surface area (TPSA) is 58.2 Å². The van der Waals surface area contributed by atoms with Crippen LogP contribution >= 0.6 is 11.6 Å². The molecule has 0 aliphatic carbocycles. The Balaban J connectivity index is 2.12. The van der Waals surface area contributed by atoms with Crippen LogP contribution in [0.5, 0.6) is 0 Å². The lowest BCUT2D eigenvalue weighted by molar-refractivity contribution is 0.0950. The van der Waals surface area contributed by atoms with E-state index in [-0.39, 0.29) is 11.8 Å². The van der Waals surface area contributed by atoms with Gasteiger partial charge >= 0.3 is 0 Å². The maximum Gasteiger partial charge on any atom is 0.255 e. The molecule has 0 fully saturated rings. The Morgan fingerprint density at radius 2 is 1.80 bits per heavy atom. The van der Waals surface area contributed by atoms with Gasteiger partial charge in [-0.25, -0.2) is 0 Å². The molecular formula is C20H23ClN2O2. The predicted molar refractivity (Wildman–Crippen MR) is 102 cm³/mol. The number of rotatable bonds is 6. The molecule has 5 heteroatoms.